The van der Waals surface area contributed by atoms with Crippen molar-refractivity contribution < 1.29 is 14.2 Å². The fourth-order valence-electron chi connectivity index (χ4n) is 2.61. The minimum Gasteiger partial charge on any atom is -0.491 e. The first-order valence-corrected chi connectivity index (χ1v) is 9.12. The van der Waals surface area contributed by atoms with Crippen LogP contribution in [0, 0.1) is 0 Å². The third-order valence-electron chi connectivity index (χ3n) is 3.88. The average molecular weight is 382 g/mol. The summed E-state index contributed by atoms with van der Waals surface area (Å²) in [5, 5.41) is 4.41. The molecule has 25 heavy (non-hydrogen) atoms. The van der Waals surface area contributed by atoms with Crippen molar-refractivity contribution in [2.75, 3.05) is 31.7 Å². The van der Waals surface area contributed by atoms with E-state index in [1.165, 1.54) is 0 Å². The molecule has 1 saturated heterocycles. The molecular formula is C19H21Cl2NO3. The number of hydrogen-bond acceptors (Lipinski definition) is 4. The summed E-state index contributed by atoms with van der Waals surface area (Å²) >= 11 is 11.9. The van der Waals surface area contributed by atoms with Crippen LogP contribution in [0.15, 0.2) is 42.5 Å². The van der Waals surface area contributed by atoms with E-state index in [0.717, 1.165) is 30.9 Å². The van der Waals surface area contributed by atoms with Crippen LogP contribution in [0.2, 0.25) is 10.0 Å². The highest BCUT2D eigenvalue weighted by Gasteiger charge is 2.15. The summed E-state index contributed by atoms with van der Waals surface area (Å²) in [5.74, 6) is 1.46. The van der Waals surface area contributed by atoms with E-state index in [1.54, 1.807) is 18.2 Å². The van der Waals surface area contributed by atoms with Crippen LogP contribution in [0.25, 0.3) is 0 Å². The predicted molar refractivity (Wildman–Crippen MR) is 101 cm³/mol. The van der Waals surface area contributed by atoms with Gasteiger partial charge in [-0.05, 0) is 43.2 Å². The van der Waals surface area contributed by atoms with Crippen LogP contribution in [0.4, 0.5) is 5.69 Å². The Labute approximate surface area is 158 Å². The van der Waals surface area contributed by atoms with Crippen molar-refractivity contribution in [3.05, 3.63) is 52.5 Å². The highest BCUT2D eigenvalue weighted by atomic mass is 35.5. The zero-order valence-corrected chi connectivity index (χ0v) is 15.4. The molecule has 0 aliphatic carbocycles. The summed E-state index contributed by atoms with van der Waals surface area (Å²) in [7, 11) is 0. The van der Waals surface area contributed by atoms with Crippen molar-refractivity contribution in [3.63, 3.8) is 0 Å². The topological polar surface area (TPSA) is 39.7 Å². The van der Waals surface area contributed by atoms with Gasteiger partial charge >= 0.3 is 0 Å². The van der Waals surface area contributed by atoms with Crippen LogP contribution in [-0.4, -0.2) is 32.5 Å². The zero-order chi connectivity index (χ0) is 17.5. The van der Waals surface area contributed by atoms with E-state index < -0.39 is 0 Å². The molecule has 2 aromatic rings. The van der Waals surface area contributed by atoms with Crippen LogP contribution in [0.1, 0.15) is 12.8 Å². The molecule has 1 heterocycles. The summed E-state index contributed by atoms with van der Waals surface area (Å²) in [4.78, 5) is 0. The van der Waals surface area contributed by atoms with Gasteiger partial charge in [0.05, 0.1) is 11.1 Å². The van der Waals surface area contributed by atoms with E-state index in [0.29, 0.717) is 35.6 Å². The molecule has 1 aliphatic rings. The minimum absolute atomic E-state index is 0.217. The van der Waals surface area contributed by atoms with Gasteiger partial charge in [0.25, 0.3) is 0 Å². The number of halogens is 2. The largest absolute Gasteiger partial charge is 0.491 e. The van der Waals surface area contributed by atoms with Gasteiger partial charge in [-0.2, -0.15) is 0 Å². The molecule has 134 valence electrons. The molecule has 1 N–H and O–H groups in total. The molecule has 0 spiro atoms. The Morgan fingerprint density at radius 1 is 1.12 bits per heavy atom. The molecule has 4 nitrogen and oxygen atoms in total. The summed E-state index contributed by atoms with van der Waals surface area (Å²) in [6.07, 6.45) is 2.41. The van der Waals surface area contributed by atoms with Crippen molar-refractivity contribution in [1.82, 2.24) is 0 Å². The van der Waals surface area contributed by atoms with Gasteiger partial charge in [0.15, 0.2) is 0 Å². The minimum atomic E-state index is 0.217. The Morgan fingerprint density at radius 2 is 2.04 bits per heavy atom. The summed E-state index contributed by atoms with van der Waals surface area (Å²) in [5.41, 5.74) is 0.982. The van der Waals surface area contributed by atoms with Crippen molar-refractivity contribution in [2.45, 2.75) is 18.9 Å². The second kappa shape index (κ2) is 9.18. The van der Waals surface area contributed by atoms with E-state index in [9.17, 15) is 0 Å². The lowest BCUT2D eigenvalue weighted by molar-refractivity contribution is 0.0680. The Balaban J connectivity index is 1.42. The van der Waals surface area contributed by atoms with Gasteiger partial charge in [-0.15, -0.1) is 0 Å². The molecule has 1 fully saturated rings. The summed E-state index contributed by atoms with van der Waals surface area (Å²) in [6, 6.07) is 13.1. The number of benzene rings is 2. The van der Waals surface area contributed by atoms with Crippen LogP contribution in [0.5, 0.6) is 11.5 Å². The normalized spacial score (nSPS) is 16.6. The molecule has 0 amide bonds. The van der Waals surface area contributed by atoms with Crippen LogP contribution in [-0.2, 0) is 4.74 Å². The lowest BCUT2D eigenvalue weighted by Gasteiger charge is -2.13. The molecule has 0 saturated carbocycles. The van der Waals surface area contributed by atoms with E-state index in [4.69, 9.17) is 37.4 Å². The Kier molecular flexibility index (Phi) is 6.68. The van der Waals surface area contributed by atoms with Gasteiger partial charge in [0, 0.05) is 29.9 Å². The molecule has 6 heteroatoms. The van der Waals surface area contributed by atoms with Crippen molar-refractivity contribution in [2.24, 2.45) is 0 Å². The lowest BCUT2D eigenvalue weighted by atomic mass is 10.2. The number of nitrogens with one attached hydrogen (secondary N) is 1. The molecule has 3 rings (SSSR count). The van der Waals surface area contributed by atoms with Crippen molar-refractivity contribution >= 4 is 28.9 Å². The quantitative estimate of drug-likeness (QED) is 0.650. The van der Waals surface area contributed by atoms with Crippen molar-refractivity contribution in [1.29, 1.82) is 0 Å². The maximum atomic E-state index is 6.08. The predicted octanol–water partition coefficient (Wildman–Crippen LogP) is 5.04. The molecule has 1 atom stereocenters. The van der Waals surface area contributed by atoms with Crippen molar-refractivity contribution in [3.8, 4) is 11.5 Å². The monoisotopic (exact) mass is 381 g/mol. The Hall–Kier alpha value is -1.62. The first kappa shape index (κ1) is 18.2. The van der Waals surface area contributed by atoms with E-state index in [1.807, 2.05) is 24.3 Å². The number of rotatable bonds is 8. The SMILES string of the molecule is Clc1ccc(OCCNc2cccc(OCC3CCCO3)c2)c(Cl)c1. The summed E-state index contributed by atoms with van der Waals surface area (Å²) < 4.78 is 17.0. The maximum Gasteiger partial charge on any atom is 0.138 e. The molecule has 0 aromatic heterocycles. The molecule has 0 bridgehead atoms. The van der Waals surface area contributed by atoms with Gasteiger partial charge < -0.3 is 19.5 Å². The average Bonchev–Trinajstić information content (AvgIpc) is 3.12. The second-order valence-corrected chi connectivity index (χ2v) is 6.67. The van der Waals surface area contributed by atoms with Gasteiger partial charge in [0.2, 0.25) is 0 Å². The van der Waals surface area contributed by atoms with Gasteiger partial charge in [-0.1, -0.05) is 29.3 Å². The van der Waals surface area contributed by atoms with Crippen LogP contribution < -0.4 is 14.8 Å². The zero-order valence-electron chi connectivity index (χ0n) is 13.8. The molecule has 1 unspecified atom stereocenters. The van der Waals surface area contributed by atoms with E-state index in [2.05, 4.69) is 5.32 Å². The van der Waals surface area contributed by atoms with E-state index >= 15 is 0 Å². The van der Waals surface area contributed by atoms with E-state index in [-0.39, 0.29) is 6.10 Å². The Bertz CT molecular complexity index is 690. The number of anilines is 1. The van der Waals surface area contributed by atoms with Gasteiger partial charge in [-0.25, -0.2) is 0 Å². The molecule has 0 radical (unpaired) electrons. The van der Waals surface area contributed by atoms with Crippen LogP contribution >= 0.6 is 23.2 Å². The third kappa shape index (κ3) is 5.70. The molecular weight excluding hydrogens is 361 g/mol. The smallest absolute Gasteiger partial charge is 0.138 e. The molecule has 2 aromatic carbocycles. The van der Waals surface area contributed by atoms with Gasteiger partial charge in [0.1, 0.15) is 24.7 Å². The maximum absolute atomic E-state index is 6.08. The standard InChI is InChI=1S/C19H21Cl2NO3/c20-14-6-7-19(18(21)11-14)24-10-8-22-15-3-1-4-16(12-15)25-13-17-5-2-9-23-17/h1,3-4,6-7,11-12,17,22H,2,5,8-10,13H2. The first-order chi connectivity index (χ1) is 12.2. The second-order valence-electron chi connectivity index (χ2n) is 5.82. The summed E-state index contributed by atoms with van der Waals surface area (Å²) in [6.45, 7) is 2.57. The fraction of sp³-hybridized carbons (Fsp3) is 0.368. The highest BCUT2D eigenvalue weighted by Crippen LogP contribution is 2.27. The first-order valence-electron chi connectivity index (χ1n) is 8.37. The lowest BCUT2D eigenvalue weighted by Crippen LogP contribution is -2.16. The fourth-order valence-corrected chi connectivity index (χ4v) is 3.07. The third-order valence-corrected chi connectivity index (χ3v) is 4.41. The molecule has 1 aliphatic heterocycles. The van der Waals surface area contributed by atoms with Gasteiger partial charge in [-0.3, -0.25) is 0 Å². The highest BCUT2D eigenvalue weighted by molar-refractivity contribution is 6.35. The number of ether oxygens (including phenoxy) is 3. The Morgan fingerprint density at radius 3 is 2.84 bits per heavy atom. The van der Waals surface area contributed by atoms with Crippen LogP contribution in [0.3, 0.4) is 0 Å². The number of hydrogen-bond donors (Lipinski definition) is 1.